The number of hydrogen-bond acceptors (Lipinski definition) is 5. The van der Waals surface area contributed by atoms with Gasteiger partial charge < -0.3 is 16.2 Å². The highest BCUT2D eigenvalue weighted by Crippen LogP contribution is 2.21. The molecule has 23 heavy (non-hydrogen) atoms. The van der Waals surface area contributed by atoms with Crippen molar-refractivity contribution in [2.75, 3.05) is 11.1 Å². The van der Waals surface area contributed by atoms with Crippen molar-refractivity contribution >= 4 is 23.3 Å². The predicted molar refractivity (Wildman–Crippen MR) is 88.6 cm³/mol. The lowest BCUT2D eigenvalue weighted by Crippen LogP contribution is -1.99. The minimum Gasteiger partial charge on any atom is -0.478 e. The van der Waals surface area contributed by atoms with Crippen LogP contribution >= 0.6 is 0 Å². The van der Waals surface area contributed by atoms with Crippen LogP contribution in [0.25, 0.3) is 11.3 Å². The minimum absolute atomic E-state index is 0.227. The van der Waals surface area contributed by atoms with Gasteiger partial charge in [0.25, 0.3) is 0 Å². The Balaban J connectivity index is 1.84. The van der Waals surface area contributed by atoms with E-state index in [0.29, 0.717) is 17.3 Å². The molecule has 0 unspecified atom stereocenters. The number of rotatable bonds is 4. The smallest absolute Gasteiger partial charge is 0.335 e. The van der Waals surface area contributed by atoms with Crippen molar-refractivity contribution < 1.29 is 9.90 Å². The molecular weight excluding hydrogens is 292 g/mol. The van der Waals surface area contributed by atoms with Gasteiger partial charge in [0.2, 0.25) is 5.95 Å². The highest BCUT2D eigenvalue weighted by atomic mass is 16.4. The average Bonchev–Trinajstić information content (AvgIpc) is 2.56. The summed E-state index contributed by atoms with van der Waals surface area (Å²) in [6.45, 7) is 0. The van der Waals surface area contributed by atoms with Crippen LogP contribution in [0.3, 0.4) is 0 Å². The number of carboxylic acid groups (broad SMARTS) is 1. The van der Waals surface area contributed by atoms with E-state index in [1.165, 1.54) is 12.1 Å². The summed E-state index contributed by atoms with van der Waals surface area (Å²) in [6.07, 6.45) is 1.65. The molecule has 3 rings (SSSR count). The summed E-state index contributed by atoms with van der Waals surface area (Å²) >= 11 is 0. The van der Waals surface area contributed by atoms with Gasteiger partial charge in [-0.05, 0) is 42.5 Å². The Kier molecular flexibility index (Phi) is 3.88. The number of nitrogen functional groups attached to an aromatic ring is 1. The fourth-order valence-electron chi connectivity index (χ4n) is 2.10. The molecule has 0 bridgehead atoms. The molecule has 1 heterocycles. The number of nitrogens with two attached hydrogens (primary N) is 1. The van der Waals surface area contributed by atoms with E-state index in [-0.39, 0.29) is 5.56 Å². The first-order valence-electron chi connectivity index (χ1n) is 6.91. The van der Waals surface area contributed by atoms with Crippen LogP contribution in [0, 0.1) is 0 Å². The topological polar surface area (TPSA) is 101 Å². The molecule has 0 saturated carbocycles. The van der Waals surface area contributed by atoms with Gasteiger partial charge in [-0.25, -0.2) is 14.8 Å². The fraction of sp³-hybridized carbons (Fsp3) is 0. The number of carboxylic acids is 1. The second kappa shape index (κ2) is 6.15. The molecule has 0 atom stereocenters. The SMILES string of the molecule is Nc1cccc(-c2ccnc(Nc3ccc(C(=O)O)cc3)n2)c1. The number of aromatic nitrogens is 2. The molecule has 0 aliphatic heterocycles. The van der Waals surface area contributed by atoms with E-state index in [1.54, 1.807) is 24.4 Å². The molecule has 6 heteroatoms. The fourth-order valence-corrected chi connectivity index (χ4v) is 2.10. The summed E-state index contributed by atoms with van der Waals surface area (Å²) in [5, 5.41) is 11.9. The summed E-state index contributed by atoms with van der Waals surface area (Å²) in [7, 11) is 0. The molecule has 0 radical (unpaired) electrons. The van der Waals surface area contributed by atoms with Crippen molar-refractivity contribution in [1.82, 2.24) is 9.97 Å². The van der Waals surface area contributed by atoms with Gasteiger partial charge in [-0.15, -0.1) is 0 Å². The van der Waals surface area contributed by atoms with Gasteiger partial charge in [0.15, 0.2) is 0 Å². The van der Waals surface area contributed by atoms with Gasteiger partial charge in [0, 0.05) is 23.1 Å². The van der Waals surface area contributed by atoms with Crippen molar-refractivity contribution in [3.8, 4) is 11.3 Å². The number of aromatic carboxylic acids is 1. The summed E-state index contributed by atoms with van der Waals surface area (Å²) in [5.41, 5.74) is 9.04. The first kappa shape index (κ1) is 14.5. The molecule has 0 spiro atoms. The van der Waals surface area contributed by atoms with E-state index in [4.69, 9.17) is 10.8 Å². The van der Waals surface area contributed by atoms with E-state index in [0.717, 1.165) is 11.3 Å². The van der Waals surface area contributed by atoms with Crippen molar-refractivity contribution in [1.29, 1.82) is 0 Å². The van der Waals surface area contributed by atoms with E-state index < -0.39 is 5.97 Å². The molecule has 114 valence electrons. The van der Waals surface area contributed by atoms with Crippen LogP contribution in [0.5, 0.6) is 0 Å². The van der Waals surface area contributed by atoms with Crippen molar-refractivity contribution in [3.63, 3.8) is 0 Å². The summed E-state index contributed by atoms with van der Waals surface area (Å²) in [6, 6.07) is 15.6. The van der Waals surface area contributed by atoms with Crippen LogP contribution in [-0.2, 0) is 0 Å². The number of hydrogen-bond donors (Lipinski definition) is 3. The third kappa shape index (κ3) is 3.44. The molecule has 3 aromatic rings. The molecule has 0 fully saturated rings. The quantitative estimate of drug-likeness (QED) is 0.640. The molecule has 2 aromatic carbocycles. The Morgan fingerprint density at radius 2 is 1.87 bits per heavy atom. The highest BCUT2D eigenvalue weighted by molar-refractivity contribution is 5.88. The molecule has 0 aliphatic carbocycles. The van der Waals surface area contributed by atoms with Gasteiger partial charge in [-0.1, -0.05) is 12.1 Å². The van der Waals surface area contributed by atoms with Crippen molar-refractivity contribution in [2.45, 2.75) is 0 Å². The molecule has 6 nitrogen and oxygen atoms in total. The second-order valence-corrected chi connectivity index (χ2v) is 4.90. The Labute approximate surface area is 132 Å². The Hall–Kier alpha value is -3.41. The normalized spacial score (nSPS) is 10.3. The van der Waals surface area contributed by atoms with Crippen LogP contribution < -0.4 is 11.1 Å². The maximum absolute atomic E-state index is 10.8. The number of anilines is 3. The van der Waals surface area contributed by atoms with E-state index in [9.17, 15) is 4.79 Å². The van der Waals surface area contributed by atoms with Crippen molar-refractivity contribution in [2.24, 2.45) is 0 Å². The number of benzene rings is 2. The lowest BCUT2D eigenvalue weighted by Gasteiger charge is -2.07. The molecular formula is C17H14N4O2. The maximum Gasteiger partial charge on any atom is 0.335 e. The van der Waals surface area contributed by atoms with Gasteiger partial charge in [-0.2, -0.15) is 0 Å². The highest BCUT2D eigenvalue weighted by Gasteiger charge is 2.05. The first-order valence-corrected chi connectivity index (χ1v) is 6.91. The van der Waals surface area contributed by atoms with E-state index in [2.05, 4.69) is 15.3 Å². The number of nitrogens with one attached hydrogen (secondary N) is 1. The summed E-state index contributed by atoms with van der Waals surface area (Å²) < 4.78 is 0. The largest absolute Gasteiger partial charge is 0.478 e. The van der Waals surface area contributed by atoms with Gasteiger partial charge in [0.05, 0.1) is 11.3 Å². The summed E-state index contributed by atoms with van der Waals surface area (Å²) in [5.74, 6) is -0.538. The second-order valence-electron chi connectivity index (χ2n) is 4.90. The zero-order chi connectivity index (χ0) is 16.2. The van der Waals surface area contributed by atoms with Crippen LogP contribution in [0.4, 0.5) is 17.3 Å². The molecule has 0 amide bonds. The lowest BCUT2D eigenvalue weighted by atomic mass is 10.1. The van der Waals surface area contributed by atoms with E-state index >= 15 is 0 Å². The predicted octanol–water partition coefficient (Wildman–Crippen LogP) is 3.17. The van der Waals surface area contributed by atoms with Crippen LogP contribution in [0.2, 0.25) is 0 Å². The first-order chi connectivity index (χ1) is 11.1. The van der Waals surface area contributed by atoms with Gasteiger partial charge in [0.1, 0.15) is 0 Å². The zero-order valence-electron chi connectivity index (χ0n) is 12.1. The molecule has 4 N–H and O–H groups in total. The van der Waals surface area contributed by atoms with Gasteiger partial charge >= 0.3 is 5.97 Å². The number of carbonyl (C=O) groups is 1. The third-order valence-electron chi connectivity index (χ3n) is 3.23. The van der Waals surface area contributed by atoms with Crippen LogP contribution in [0.1, 0.15) is 10.4 Å². The van der Waals surface area contributed by atoms with E-state index in [1.807, 2.05) is 24.3 Å². The molecule has 0 saturated heterocycles. The Morgan fingerprint density at radius 1 is 1.09 bits per heavy atom. The van der Waals surface area contributed by atoms with Crippen molar-refractivity contribution in [3.05, 3.63) is 66.4 Å². The standard InChI is InChI=1S/C17H14N4O2/c18-13-3-1-2-12(10-13)15-8-9-19-17(21-15)20-14-6-4-11(5-7-14)16(22)23/h1-10H,18H2,(H,22,23)(H,19,20,21). The zero-order valence-corrected chi connectivity index (χ0v) is 12.1. The molecule has 0 aliphatic rings. The Morgan fingerprint density at radius 3 is 2.57 bits per heavy atom. The average molecular weight is 306 g/mol. The lowest BCUT2D eigenvalue weighted by molar-refractivity contribution is 0.0697. The molecule has 1 aromatic heterocycles. The Bertz CT molecular complexity index is 847. The van der Waals surface area contributed by atoms with Crippen LogP contribution in [-0.4, -0.2) is 21.0 Å². The summed E-state index contributed by atoms with van der Waals surface area (Å²) in [4.78, 5) is 19.5. The monoisotopic (exact) mass is 306 g/mol. The third-order valence-corrected chi connectivity index (χ3v) is 3.23. The minimum atomic E-state index is -0.962. The van der Waals surface area contributed by atoms with Crippen LogP contribution in [0.15, 0.2) is 60.8 Å². The maximum atomic E-state index is 10.8. The number of nitrogens with zero attached hydrogens (tertiary/aromatic N) is 2. The van der Waals surface area contributed by atoms with Gasteiger partial charge in [-0.3, -0.25) is 0 Å².